The number of hydrogen-bond donors (Lipinski definition) is 2. The molecule has 6 aromatic carbocycles. The molecule has 0 saturated heterocycles. The third kappa shape index (κ3) is 33.5. The van der Waals surface area contributed by atoms with Crippen LogP contribution in [0.1, 0.15) is 79.1 Å². The van der Waals surface area contributed by atoms with Gasteiger partial charge in [-0.25, -0.2) is 115 Å². The minimum atomic E-state index is -0.760. The van der Waals surface area contributed by atoms with Crippen LogP contribution < -0.4 is 44.3 Å². The van der Waals surface area contributed by atoms with Crippen molar-refractivity contribution in [2.24, 2.45) is 4.99 Å². The molecule has 40 heteroatoms. The molecule has 15 rings (SSSR count). The number of anilines is 7. The predicted molar refractivity (Wildman–Crippen MR) is 530 cm³/mol. The first-order valence-electron chi connectivity index (χ1n) is 41.7. The van der Waals surface area contributed by atoms with Crippen LogP contribution in [0.3, 0.4) is 0 Å². The monoisotopic (exact) mass is 2030 g/mol. The van der Waals surface area contributed by atoms with Crippen LogP contribution in [0.4, 0.5) is 80.5 Å². The molecule has 0 fully saturated rings. The Kier molecular flexibility index (Phi) is 38.1. The van der Waals surface area contributed by atoms with Gasteiger partial charge in [0.2, 0.25) is 23.5 Å². The Bertz CT molecular complexity index is 6360. The number of carbonyl (C=O) groups excluding carboxylic acids is 3. The second-order valence-corrected chi connectivity index (χ2v) is 36.5. The second kappa shape index (κ2) is 50.2. The van der Waals surface area contributed by atoms with Crippen molar-refractivity contribution in [1.82, 2.24) is 65.1 Å². The average molecular weight is 2040 g/mol. The highest BCUT2D eigenvalue weighted by molar-refractivity contribution is 9.10. The summed E-state index contributed by atoms with van der Waals surface area (Å²) in [5.74, 6) is 0.632. The van der Waals surface area contributed by atoms with Gasteiger partial charge < -0.3 is 43.8 Å². The molecule has 0 bridgehead atoms. The third-order valence-electron chi connectivity index (χ3n) is 17.8. The molecule has 0 saturated carbocycles. The third-order valence-corrected chi connectivity index (χ3v) is 21.1. The average Bonchev–Trinajstić information content (AvgIpc) is 0.792. The van der Waals surface area contributed by atoms with E-state index in [1.54, 1.807) is 221 Å². The lowest BCUT2D eigenvalue weighted by Gasteiger charge is -2.33. The lowest BCUT2D eigenvalue weighted by Crippen LogP contribution is -2.42. The molecule has 138 heavy (non-hydrogen) atoms. The minimum Gasteiger partial charge on any atom is -0.443 e. The van der Waals surface area contributed by atoms with E-state index >= 15 is 0 Å². The normalized spacial score (nSPS) is 12.0. The van der Waals surface area contributed by atoms with Crippen molar-refractivity contribution < 1.29 is 73.9 Å². The molecule has 714 valence electrons. The lowest BCUT2D eigenvalue weighted by molar-refractivity contribution is 0.0581. The topological polar surface area (TPSA) is 317 Å². The van der Waals surface area contributed by atoms with E-state index in [9.17, 15) is 40.7 Å². The first-order chi connectivity index (χ1) is 66.0. The van der Waals surface area contributed by atoms with E-state index in [1.807, 2.05) is 43.4 Å². The van der Waals surface area contributed by atoms with E-state index in [1.165, 1.54) is 146 Å². The SMILES string of the molecule is CSC1=NC(Cc2ccc(F)cc2)C(N(C(=O)OC(C)(C)C)c2ccc(Oc3ccc(F)cn3)cc2)=CN1.CSc1ncc(Br)cn1.CSc1ncc(N(C(=O)OC(C)(C)C)c2ccc(Oc3ccc(F)cn3)cc2)c(Cc2ccc(F)cc2)n1.CSc1ncc(N(C(=O)OC(C)(C)C)c2ccc(Oc3ccc(F)cn3)cc2)cn1.CSc1ncc(Nc2ccc(Oc3ccc(F)cn3)cc2)cn1. The number of nitrogens with one attached hydrogen (secondary N) is 2. The number of aromatic nitrogens is 12. The van der Waals surface area contributed by atoms with Gasteiger partial charge in [0.05, 0.1) is 112 Å². The number of ether oxygens (including phenoxy) is 7. The summed E-state index contributed by atoms with van der Waals surface area (Å²) in [6, 6.07) is 50.3. The Morgan fingerprint density at radius 3 is 1.08 bits per heavy atom. The molecule has 2 N–H and O–H groups in total. The van der Waals surface area contributed by atoms with E-state index < -0.39 is 64.4 Å². The van der Waals surface area contributed by atoms with Gasteiger partial charge in [0.15, 0.2) is 25.8 Å². The maximum Gasteiger partial charge on any atom is 0.419 e. The van der Waals surface area contributed by atoms with Gasteiger partial charge >= 0.3 is 18.3 Å². The molecular formula is C98H93BrF6N18O10S5. The van der Waals surface area contributed by atoms with E-state index in [4.69, 9.17) is 38.2 Å². The summed E-state index contributed by atoms with van der Waals surface area (Å²) in [7, 11) is 0. The second-order valence-electron chi connectivity index (χ2n) is 31.7. The van der Waals surface area contributed by atoms with Crippen molar-refractivity contribution in [1.29, 1.82) is 0 Å². The molecule has 3 amide bonds. The maximum atomic E-state index is 13.5. The van der Waals surface area contributed by atoms with Crippen LogP contribution in [-0.2, 0) is 27.1 Å². The van der Waals surface area contributed by atoms with Crippen LogP contribution in [0, 0.1) is 34.9 Å². The van der Waals surface area contributed by atoms with Crippen LogP contribution in [0.25, 0.3) is 0 Å². The molecule has 1 aliphatic rings. The van der Waals surface area contributed by atoms with Crippen LogP contribution in [0.15, 0.2) is 304 Å². The van der Waals surface area contributed by atoms with E-state index in [0.717, 1.165) is 62.1 Å². The summed E-state index contributed by atoms with van der Waals surface area (Å²) in [6.45, 7) is 16.1. The van der Waals surface area contributed by atoms with Crippen molar-refractivity contribution in [2.75, 3.05) is 51.3 Å². The molecule has 0 spiro atoms. The van der Waals surface area contributed by atoms with Gasteiger partial charge in [0.1, 0.15) is 74.7 Å². The van der Waals surface area contributed by atoms with Crippen molar-refractivity contribution >= 4 is 138 Å². The summed E-state index contributed by atoms with van der Waals surface area (Å²) in [6.07, 6.45) is 26.2. The smallest absolute Gasteiger partial charge is 0.419 e. The van der Waals surface area contributed by atoms with E-state index in [-0.39, 0.29) is 29.3 Å². The van der Waals surface area contributed by atoms with Gasteiger partial charge in [-0.2, -0.15) is 0 Å². The number of aliphatic imine (C=N–C) groups is 1. The minimum absolute atomic E-state index is 0.228. The Morgan fingerprint density at radius 2 is 0.703 bits per heavy atom. The number of rotatable bonds is 24. The fourth-order valence-electron chi connectivity index (χ4n) is 11.7. The van der Waals surface area contributed by atoms with Gasteiger partial charge in [-0.1, -0.05) is 83.1 Å². The number of carbonyl (C=O) groups is 3. The molecule has 9 heterocycles. The number of thioether (sulfide) groups is 5. The Labute approximate surface area is 823 Å². The summed E-state index contributed by atoms with van der Waals surface area (Å²) < 4.78 is 120. The highest BCUT2D eigenvalue weighted by atomic mass is 79.9. The number of pyridine rings is 4. The van der Waals surface area contributed by atoms with Crippen molar-refractivity contribution in [3.63, 3.8) is 0 Å². The Balaban J connectivity index is 0.000000173. The molecule has 1 atom stereocenters. The summed E-state index contributed by atoms with van der Waals surface area (Å²) in [5.41, 5.74) is 4.78. The molecular weight excluding hydrogens is 1940 g/mol. The van der Waals surface area contributed by atoms with Gasteiger partial charge in [0, 0.05) is 61.4 Å². The zero-order valence-electron chi connectivity index (χ0n) is 76.8. The summed E-state index contributed by atoms with van der Waals surface area (Å²) in [5, 5.41) is 9.69. The first kappa shape index (κ1) is 105. The van der Waals surface area contributed by atoms with Crippen LogP contribution >= 0.6 is 74.7 Å². The van der Waals surface area contributed by atoms with Crippen molar-refractivity contribution in [2.45, 2.75) is 119 Å². The zero-order valence-corrected chi connectivity index (χ0v) is 82.5. The number of nitrogens with zero attached hydrogens (tertiary/aromatic N) is 16. The quantitative estimate of drug-likeness (QED) is 0.0246. The molecule has 28 nitrogen and oxygen atoms in total. The standard InChI is InChI=1S/C28H28F2N4O3S.C28H26F2N4O3S.C21H21FN4O3S.C16H13FN4OS.C5H5BrN2S/c2*1-28(2,3)37-27(35)34(21-10-12-22(13-11-21)36-25-14-9-20(30)16-31-25)24-17-32-26(38-4)33-23(24)15-18-5-7-19(29)8-6-18;1-21(2,3)29-20(27)26(16-12-24-19(30-4)25-13-16)15-6-8-17(9-7-15)28-18-10-5-14(22)11-23-18;1-23-16-19-9-13(10-20-16)21-12-3-5-14(6-4-12)22-15-7-2-11(17)8-18-15;1-9-5-7-2-4(6)3-8-5/h5-14,16-17,23H,15H2,1-4H3,(H,32,33);5-14,16-17H,15H2,1-4H3;5-13H,1-4H3;2-10,21H,1H3;2-3H,1H3. The van der Waals surface area contributed by atoms with Crippen molar-refractivity contribution in [3.05, 3.63) is 330 Å². The number of amides is 3. The van der Waals surface area contributed by atoms with Crippen LogP contribution in [0.2, 0.25) is 0 Å². The van der Waals surface area contributed by atoms with E-state index in [2.05, 4.69) is 86.4 Å². The molecule has 1 aliphatic heterocycles. The largest absolute Gasteiger partial charge is 0.443 e. The molecule has 1 unspecified atom stereocenters. The number of halogens is 7. The Morgan fingerprint density at radius 1 is 0.362 bits per heavy atom. The number of benzene rings is 6. The van der Waals surface area contributed by atoms with E-state index in [0.29, 0.717) is 97.0 Å². The van der Waals surface area contributed by atoms with Gasteiger partial charge in [-0.3, -0.25) is 4.99 Å². The zero-order chi connectivity index (χ0) is 99.1. The van der Waals surface area contributed by atoms with Crippen molar-refractivity contribution in [3.8, 4) is 46.5 Å². The van der Waals surface area contributed by atoms with Gasteiger partial charge in [-0.05, 0) is 266 Å². The Hall–Kier alpha value is -13.9. The molecule has 0 aliphatic carbocycles. The fourth-order valence-corrected chi connectivity index (χ4v) is 13.7. The maximum absolute atomic E-state index is 13.5. The van der Waals surface area contributed by atoms with Crippen LogP contribution in [0.5, 0.6) is 46.5 Å². The van der Waals surface area contributed by atoms with Gasteiger partial charge in [0.25, 0.3) is 0 Å². The molecule has 8 aromatic heterocycles. The highest BCUT2D eigenvalue weighted by Crippen LogP contribution is 2.38. The highest BCUT2D eigenvalue weighted by Gasteiger charge is 2.34. The molecule has 0 radical (unpaired) electrons. The van der Waals surface area contributed by atoms with Crippen LogP contribution in [-0.4, -0.2) is 137 Å². The van der Waals surface area contributed by atoms with Gasteiger partial charge in [-0.15, -0.1) is 0 Å². The summed E-state index contributed by atoms with van der Waals surface area (Å²) >= 11 is 10.5. The number of hydrogen-bond acceptors (Lipinski definition) is 30. The molecule has 14 aromatic rings. The summed E-state index contributed by atoms with van der Waals surface area (Å²) in [4.78, 5) is 98.4. The predicted octanol–water partition coefficient (Wildman–Crippen LogP) is 25.8. The number of amidine groups is 1. The fraction of sp³-hybridized carbons (Fsp3) is 0.204. The first-order valence-corrected chi connectivity index (χ1v) is 48.6. The lowest BCUT2D eigenvalue weighted by atomic mass is 10.0.